The van der Waals surface area contributed by atoms with E-state index in [-0.39, 0.29) is 6.61 Å². The summed E-state index contributed by atoms with van der Waals surface area (Å²) in [4.78, 5) is 25.5. The number of carbonyl (C=O) groups excluding carboxylic acids is 2. The van der Waals surface area contributed by atoms with Crippen molar-refractivity contribution in [2.75, 3.05) is 33.3 Å². The third kappa shape index (κ3) is 3.97. The first-order chi connectivity index (χ1) is 14.0. The summed E-state index contributed by atoms with van der Waals surface area (Å²) in [5, 5.41) is 3.97. The van der Waals surface area contributed by atoms with Crippen LogP contribution in [0.3, 0.4) is 0 Å². The fourth-order valence-electron chi connectivity index (χ4n) is 2.93. The average molecular weight is 415 g/mol. The van der Waals surface area contributed by atoms with E-state index in [2.05, 4.69) is 5.32 Å². The number of benzene rings is 2. The van der Waals surface area contributed by atoms with E-state index in [0.29, 0.717) is 33.4 Å². The van der Waals surface area contributed by atoms with Gasteiger partial charge in [-0.15, -0.1) is 11.3 Å². The summed E-state index contributed by atoms with van der Waals surface area (Å²) in [6.45, 7) is 1.98. The van der Waals surface area contributed by atoms with E-state index in [9.17, 15) is 9.59 Å². The minimum absolute atomic E-state index is 0.239. The lowest BCUT2D eigenvalue weighted by Gasteiger charge is -2.14. The Hall–Kier alpha value is -3.26. The predicted octanol–water partition coefficient (Wildman–Crippen LogP) is 4.36. The summed E-state index contributed by atoms with van der Waals surface area (Å²) < 4.78 is 22.0. The van der Waals surface area contributed by atoms with Gasteiger partial charge in [0.25, 0.3) is 5.91 Å². The monoisotopic (exact) mass is 415 g/mol. The van der Waals surface area contributed by atoms with Gasteiger partial charge in [-0.1, -0.05) is 18.2 Å². The topological polar surface area (TPSA) is 83.1 Å². The Balaban J connectivity index is 2.02. The molecule has 7 nitrogen and oxygen atoms in total. The van der Waals surface area contributed by atoms with Crippen LogP contribution in [0.4, 0.5) is 5.00 Å². The molecule has 152 valence electrons. The van der Waals surface area contributed by atoms with E-state index in [0.717, 1.165) is 10.1 Å². The molecule has 1 aromatic heterocycles. The fourth-order valence-corrected chi connectivity index (χ4v) is 4.01. The van der Waals surface area contributed by atoms with Crippen molar-refractivity contribution < 1.29 is 28.5 Å². The largest absolute Gasteiger partial charge is 0.493 e. The van der Waals surface area contributed by atoms with E-state index in [4.69, 9.17) is 18.9 Å². The number of carbonyl (C=O) groups is 2. The zero-order valence-corrected chi connectivity index (χ0v) is 17.3. The smallest absolute Gasteiger partial charge is 0.341 e. The van der Waals surface area contributed by atoms with Crippen LogP contribution in [0.15, 0.2) is 36.4 Å². The summed E-state index contributed by atoms with van der Waals surface area (Å²) in [7, 11) is 4.44. The van der Waals surface area contributed by atoms with Gasteiger partial charge in [-0.2, -0.15) is 0 Å². The minimum Gasteiger partial charge on any atom is -0.493 e. The second-order valence-electron chi connectivity index (χ2n) is 5.89. The average Bonchev–Trinajstić information content (AvgIpc) is 3.10. The Morgan fingerprint density at radius 3 is 2.24 bits per heavy atom. The highest BCUT2D eigenvalue weighted by Gasteiger charge is 2.23. The molecule has 0 fully saturated rings. The van der Waals surface area contributed by atoms with Gasteiger partial charge in [-0.3, -0.25) is 4.79 Å². The summed E-state index contributed by atoms with van der Waals surface area (Å²) in [6, 6.07) is 10.5. The van der Waals surface area contributed by atoms with Crippen LogP contribution in [0.5, 0.6) is 17.2 Å². The Labute approximate surface area is 172 Å². The molecule has 1 heterocycles. The molecule has 0 spiro atoms. The molecule has 0 saturated heterocycles. The number of hydrogen-bond acceptors (Lipinski definition) is 7. The number of fused-ring (bicyclic) bond motifs is 1. The molecule has 0 atom stereocenters. The molecule has 3 rings (SSSR count). The summed E-state index contributed by atoms with van der Waals surface area (Å²) in [5.74, 6) is 0.213. The van der Waals surface area contributed by atoms with E-state index in [1.165, 1.54) is 32.7 Å². The van der Waals surface area contributed by atoms with Crippen LogP contribution in [-0.4, -0.2) is 39.8 Å². The lowest BCUT2D eigenvalue weighted by molar-refractivity contribution is 0.0530. The number of hydrogen-bond donors (Lipinski definition) is 1. The highest BCUT2D eigenvalue weighted by atomic mass is 32.1. The van der Waals surface area contributed by atoms with Gasteiger partial charge < -0.3 is 24.3 Å². The molecule has 1 N–H and O–H groups in total. The molecule has 1 amide bonds. The number of methoxy groups -OCH3 is 3. The molecule has 0 saturated carbocycles. The fraction of sp³-hybridized carbons (Fsp3) is 0.238. The first-order valence-corrected chi connectivity index (χ1v) is 9.65. The predicted molar refractivity (Wildman–Crippen MR) is 112 cm³/mol. The maximum absolute atomic E-state index is 13.0. The molecule has 3 aromatic rings. The van der Waals surface area contributed by atoms with Crippen LogP contribution in [0, 0.1) is 0 Å². The Kier molecular flexibility index (Phi) is 6.23. The minimum atomic E-state index is -0.481. The second kappa shape index (κ2) is 8.83. The summed E-state index contributed by atoms with van der Waals surface area (Å²) >= 11 is 1.31. The zero-order valence-electron chi connectivity index (χ0n) is 16.5. The Morgan fingerprint density at radius 2 is 1.66 bits per heavy atom. The number of rotatable bonds is 7. The first-order valence-electron chi connectivity index (χ1n) is 8.84. The lowest BCUT2D eigenvalue weighted by Crippen LogP contribution is -2.15. The van der Waals surface area contributed by atoms with E-state index in [1.807, 2.05) is 24.3 Å². The van der Waals surface area contributed by atoms with Crippen molar-refractivity contribution in [2.24, 2.45) is 0 Å². The van der Waals surface area contributed by atoms with E-state index >= 15 is 0 Å². The lowest BCUT2D eigenvalue weighted by atomic mass is 10.1. The van der Waals surface area contributed by atoms with Gasteiger partial charge in [0.05, 0.1) is 27.9 Å². The van der Waals surface area contributed by atoms with Crippen molar-refractivity contribution >= 4 is 38.3 Å². The molecule has 0 radical (unpaired) electrons. The molecular weight excluding hydrogens is 394 g/mol. The van der Waals surface area contributed by atoms with Crippen LogP contribution < -0.4 is 19.5 Å². The third-order valence-electron chi connectivity index (χ3n) is 4.23. The molecule has 0 aliphatic heterocycles. The van der Waals surface area contributed by atoms with Gasteiger partial charge in [0, 0.05) is 15.6 Å². The number of nitrogens with one attached hydrogen (secondary N) is 1. The number of ether oxygens (including phenoxy) is 4. The second-order valence-corrected chi connectivity index (χ2v) is 6.94. The molecule has 0 aliphatic rings. The molecule has 8 heteroatoms. The van der Waals surface area contributed by atoms with Crippen LogP contribution in [0.1, 0.15) is 27.6 Å². The number of amides is 1. The highest BCUT2D eigenvalue weighted by Crippen LogP contribution is 2.39. The van der Waals surface area contributed by atoms with Crippen molar-refractivity contribution in [2.45, 2.75) is 6.92 Å². The quantitative estimate of drug-likeness (QED) is 0.578. The maximum atomic E-state index is 13.0. The summed E-state index contributed by atoms with van der Waals surface area (Å²) in [6.07, 6.45) is 0. The van der Waals surface area contributed by atoms with E-state index < -0.39 is 11.9 Å². The van der Waals surface area contributed by atoms with Gasteiger partial charge in [-0.05, 0) is 25.1 Å². The molecule has 0 aliphatic carbocycles. The first kappa shape index (κ1) is 20.5. The van der Waals surface area contributed by atoms with Gasteiger partial charge >= 0.3 is 5.97 Å². The third-order valence-corrected chi connectivity index (χ3v) is 5.32. The van der Waals surface area contributed by atoms with Gasteiger partial charge in [0.2, 0.25) is 5.75 Å². The SMILES string of the molecule is CCOC(=O)c1c(NC(=O)c2cc(OC)c(OC)c(OC)c2)sc2ccccc12. The van der Waals surface area contributed by atoms with Crippen LogP contribution in [0.25, 0.3) is 10.1 Å². The van der Waals surface area contributed by atoms with Crippen molar-refractivity contribution in [1.82, 2.24) is 0 Å². The van der Waals surface area contributed by atoms with Gasteiger partial charge in [0.1, 0.15) is 10.6 Å². The molecular formula is C21H21NO6S. The van der Waals surface area contributed by atoms with Crippen molar-refractivity contribution in [3.8, 4) is 17.2 Å². The van der Waals surface area contributed by atoms with E-state index in [1.54, 1.807) is 19.1 Å². The summed E-state index contributed by atoms with van der Waals surface area (Å²) in [5.41, 5.74) is 0.639. The van der Waals surface area contributed by atoms with Crippen LogP contribution in [-0.2, 0) is 4.74 Å². The zero-order chi connectivity index (χ0) is 21.0. The Morgan fingerprint density at radius 1 is 1.00 bits per heavy atom. The molecule has 2 aromatic carbocycles. The van der Waals surface area contributed by atoms with Crippen molar-refractivity contribution in [3.05, 3.63) is 47.5 Å². The highest BCUT2D eigenvalue weighted by molar-refractivity contribution is 7.23. The van der Waals surface area contributed by atoms with Crippen molar-refractivity contribution in [3.63, 3.8) is 0 Å². The number of thiophene rings is 1. The molecule has 0 unspecified atom stereocenters. The van der Waals surface area contributed by atoms with Crippen LogP contribution >= 0.6 is 11.3 Å². The standard InChI is InChI=1S/C21H21NO6S/c1-5-28-21(24)17-13-8-6-7-9-16(13)29-20(17)22-19(23)12-10-14(25-2)18(27-4)15(11-12)26-3/h6-11H,5H2,1-4H3,(H,22,23). The van der Waals surface area contributed by atoms with Crippen LogP contribution in [0.2, 0.25) is 0 Å². The molecule has 0 bridgehead atoms. The van der Waals surface area contributed by atoms with Gasteiger partial charge in [-0.25, -0.2) is 4.79 Å². The Bertz CT molecular complexity index is 1030. The molecule has 29 heavy (non-hydrogen) atoms. The normalized spacial score (nSPS) is 10.5. The van der Waals surface area contributed by atoms with Crippen molar-refractivity contribution in [1.29, 1.82) is 0 Å². The number of esters is 1. The number of anilines is 1. The van der Waals surface area contributed by atoms with Gasteiger partial charge in [0.15, 0.2) is 11.5 Å². The maximum Gasteiger partial charge on any atom is 0.341 e.